The molecule has 0 atom stereocenters. The van der Waals surface area contributed by atoms with E-state index < -0.39 is 0 Å². The molecule has 8 aromatic carbocycles. The van der Waals surface area contributed by atoms with Gasteiger partial charge in [-0.1, -0.05) is 196 Å². The fraction of sp³-hybridized carbons (Fsp3) is 0.0769. The number of nitrogens with zero attached hydrogens (tertiary/aromatic N) is 4. The van der Waals surface area contributed by atoms with Crippen LogP contribution < -0.4 is 4.90 Å². The Kier molecular flexibility index (Phi) is 10.3. The highest BCUT2D eigenvalue weighted by Gasteiger charge is 2.37. The molecule has 4 nitrogen and oxygen atoms in total. The number of benzene rings is 8. The molecule has 2 aliphatic rings. The predicted molar refractivity (Wildman–Crippen MR) is 292 cm³/mol. The van der Waals surface area contributed by atoms with Gasteiger partial charge in [-0.05, 0) is 100 Å². The van der Waals surface area contributed by atoms with E-state index in [4.69, 9.17) is 9.97 Å². The fourth-order valence-corrected chi connectivity index (χ4v) is 10.6. The van der Waals surface area contributed by atoms with E-state index in [-0.39, 0.29) is 5.41 Å². The summed E-state index contributed by atoms with van der Waals surface area (Å²) in [6, 6.07) is 61.7. The summed E-state index contributed by atoms with van der Waals surface area (Å²) in [5, 5.41) is 5.89. The molecule has 3 heterocycles. The Balaban J connectivity index is 1.05. The first-order chi connectivity index (χ1) is 33.9. The molecule has 1 aliphatic heterocycles. The standard InChI is InChI=1S/C65H50N4/c1-5-6-9-20-43(2)44-33-35-46(36-34-44)62-53-27-14-16-31-57(53)66-64(67-62)48-22-18-25-50(41-48)69-59-40-38-45-21-12-13-26-51(45)61(59)54-29-19-28-52(63(54)69)47-37-39-56-60(42-47)68(49-23-10-7-8-11-24-49)58-32-17-15-30-55(58)65(56,3)4/h5-7,9-42H,2,8H2,1,3-4H3/b6-5-,20-9-. The molecule has 2 aromatic heterocycles. The van der Waals surface area contributed by atoms with Gasteiger partial charge in [-0.25, -0.2) is 9.97 Å². The summed E-state index contributed by atoms with van der Waals surface area (Å²) in [4.78, 5) is 13.1. The predicted octanol–water partition coefficient (Wildman–Crippen LogP) is 17.2. The summed E-state index contributed by atoms with van der Waals surface area (Å²) in [5.74, 6) is 0.675. The summed E-state index contributed by atoms with van der Waals surface area (Å²) in [5.41, 5.74) is 17.4. The minimum Gasteiger partial charge on any atom is -0.310 e. The second kappa shape index (κ2) is 16.9. The minimum absolute atomic E-state index is 0.209. The summed E-state index contributed by atoms with van der Waals surface area (Å²) in [6.07, 6.45) is 20.2. The zero-order valence-electron chi connectivity index (χ0n) is 39.1. The van der Waals surface area contributed by atoms with Gasteiger partial charge in [0.1, 0.15) is 0 Å². The van der Waals surface area contributed by atoms with Gasteiger partial charge in [-0.3, -0.25) is 0 Å². The maximum absolute atomic E-state index is 5.37. The third-order valence-corrected chi connectivity index (χ3v) is 14.0. The van der Waals surface area contributed by atoms with Crippen LogP contribution in [0.3, 0.4) is 0 Å². The largest absolute Gasteiger partial charge is 0.310 e. The van der Waals surface area contributed by atoms with Gasteiger partial charge in [-0.2, -0.15) is 0 Å². The van der Waals surface area contributed by atoms with Gasteiger partial charge in [-0.15, -0.1) is 0 Å². The molecule has 0 spiro atoms. The lowest BCUT2D eigenvalue weighted by Crippen LogP contribution is -2.32. The second-order valence-electron chi connectivity index (χ2n) is 18.5. The van der Waals surface area contributed by atoms with Crippen LogP contribution in [0.15, 0.2) is 237 Å². The lowest BCUT2D eigenvalue weighted by atomic mass is 9.73. The normalized spacial score (nSPS) is 14.2. The molecule has 330 valence electrons. The van der Waals surface area contributed by atoms with Crippen molar-refractivity contribution in [2.75, 3.05) is 4.90 Å². The van der Waals surface area contributed by atoms with Crippen molar-refractivity contribution >= 4 is 60.4 Å². The van der Waals surface area contributed by atoms with Crippen molar-refractivity contribution in [2.45, 2.75) is 32.6 Å². The van der Waals surface area contributed by atoms with Crippen molar-refractivity contribution in [1.29, 1.82) is 0 Å². The summed E-state index contributed by atoms with van der Waals surface area (Å²) < 4.78 is 2.46. The van der Waals surface area contributed by atoms with Crippen molar-refractivity contribution in [3.63, 3.8) is 0 Å². The highest BCUT2D eigenvalue weighted by Crippen LogP contribution is 2.52. The molecular formula is C65H50N4. The van der Waals surface area contributed by atoms with Gasteiger partial charge in [0.05, 0.1) is 33.6 Å². The molecule has 0 amide bonds. The van der Waals surface area contributed by atoms with Crippen LogP contribution in [0.5, 0.6) is 0 Å². The smallest absolute Gasteiger partial charge is 0.160 e. The first-order valence-corrected chi connectivity index (χ1v) is 23.9. The number of rotatable bonds is 8. The molecule has 1 aliphatic carbocycles. The number of para-hydroxylation sites is 3. The van der Waals surface area contributed by atoms with Crippen LogP contribution in [0, 0.1) is 0 Å². The highest BCUT2D eigenvalue weighted by atomic mass is 15.2. The average Bonchev–Trinajstić information content (AvgIpc) is 3.51. The van der Waals surface area contributed by atoms with Crippen LogP contribution in [-0.2, 0) is 5.41 Å². The Morgan fingerprint density at radius 1 is 0.638 bits per heavy atom. The van der Waals surface area contributed by atoms with Gasteiger partial charge in [0.2, 0.25) is 0 Å². The molecule has 0 radical (unpaired) electrons. The maximum Gasteiger partial charge on any atom is 0.160 e. The van der Waals surface area contributed by atoms with E-state index in [1.165, 1.54) is 44.0 Å². The topological polar surface area (TPSA) is 34.0 Å². The van der Waals surface area contributed by atoms with E-state index >= 15 is 0 Å². The Hall–Kier alpha value is -8.60. The molecule has 0 unspecified atom stereocenters. The van der Waals surface area contributed by atoms with E-state index in [1.54, 1.807) is 0 Å². The summed E-state index contributed by atoms with van der Waals surface area (Å²) in [6.45, 7) is 11.0. The molecule has 0 saturated carbocycles. The Morgan fingerprint density at radius 2 is 1.41 bits per heavy atom. The van der Waals surface area contributed by atoms with Gasteiger partial charge in [0.15, 0.2) is 5.82 Å². The number of fused-ring (bicyclic) bond motifs is 8. The zero-order valence-corrected chi connectivity index (χ0v) is 39.1. The van der Waals surface area contributed by atoms with Crippen molar-refractivity contribution < 1.29 is 0 Å². The zero-order chi connectivity index (χ0) is 46.6. The number of aromatic nitrogens is 3. The molecule has 12 rings (SSSR count). The van der Waals surface area contributed by atoms with E-state index in [2.05, 4.69) is 224 Å². The molecule has 69 heavy (non-hydrogen) atoms. The third kappa shape index (κ3) is 7.07. The van der Waals surface area contributed by atoms with Crippen LogP contribution in [0.25, 0.3) is 88.5 Å². The Bertz CT molecular complexity index is 3870. The Labute approximate surface area is 403 Å². The van der Waals surface area contributed by atoms with Crippen molar-refractivity contribution in [3.05, 3.63) is 254 Å². The van der Waals surface area contributed by atoms with Crippen LogP contribution in [-0.4, -0.2) is 14.5 Å². The Morgan fingerprint density at radius 3 is 2.29 bits per heavy atom. The number of hydrogen-bond acceptors (Lipinski definition) is 3. The minimum atomic E-state index is -0.209. The van der Waals surface area contributed by atoms with Crippen LogP contribution >= 0.6 is 0 Å². The number of hydrogen-bond donors (Lipinski definition) is 0. The van der Waals surface area contributed by atoms with Crippen LogP contribution in [0.1, 0.15) is 43.9 Å². The van der Waals surface area contributed by atoms with E-state index in [9.17, 15) is 0 Å². The van der Waals surface area contributed by atoms with Gasteiger partial charge in [0, 0.05) is 49.6 Å². The van der Waals surface area contributed by atoms with Crippen molar-refractivity contribution in [1.82, 2.24) is 14.5 Å². The lowest BCUT2D eigenvalue weighted by molar-refractivity contribution is 0.630. The molecular weight excluding hydrogens is 837 g/mol. The lowest BCUT2D eigenvalue weighted by Gasteiger charge is -2.42. The van der Waals surface area contributed by atoms with E-state index in [0.717, 1.165) is 78.8 Å². The monoisotopic (exact) mass is 886 g/mol. The summed E-state index contributed by atoms with van der Waals surface area (Å²) in [7, 11) is 0. The second-order valence-corrected chi connectivity index (χ2v) is 18.5. The summed E-state index contributed by atoms with van der Waals surface area (Å²) >= 11 is 0. The molecule has 10 aromatic rings. The highest BCUT2D eigenvalue weighted by molar-refractivity contribution is 6.23. The van der Waals surface area contributed by atoms with Crippen molar-refractivity contribution in [2.24, 2.45) is 0 Å². The van der Waals surface area contributed by atoms with E-state index in [1.807, 2.05) is 37.3 Å². The SMILES string of the molecule is C=C(/C=C\C=C/C)c1ccc(-c2nc(-c3cccc(-n4c5ccc6ccccc6c5c5cccc(-c6ccc7c(c6)N(C6=CC=CCC=C6)c6ccccc6C7(C)C)c54)c3)nc3ccccc23)cc1. The molecule has 4 heteroatoms. The average molecular weight is 887 g/mol. The number of anilines is 2. The molecule has 0 saturated heterocycles. The van der Waals surface area contributed by atoms with Gasteiger partial charge in [0.25, 0.3) is 0 Å². The van der Waals surface area contributed by atoms with E-state index in [0.29, 0.717) is 5.82 Å². The number of allylic oxidation sites excluding steroid dienone is 10. The first-order valence-electron chi connectivity index (χ1n) is 23.9. The molecule has 0 bridgehead atoms. The quantitative estimate of drug-likeness (QED) is 0.143. The van der Waals surface area contributed by atoms with Crippen LogP contribution in [0.2, 0.25) is 0 Å². The first kappa shape index (κ1) is 41.8. The third-order valence-electron chi connectivity index (χ3n) is 14.0. The van der Waals surface area contributed by atoms with Crippen LogP contribution in [0.4, 0.5) is 11.4 Å². The van der Waals surface area contributed by atoms with Crippen molar-refractivity contribution in [3.8, 4) is 39.5 Å². The molecule has 0 fully saturated rings. The molecule has 0 N–H and O–H groups in total. The van der Waals surface area contributed by atoms with Gasteiger partial charge >= 0.3 is 0 Å². The fourth-order valence-electron chi connectivity index (χ4n) is 10.6. The van der Waals surface area contributed by atoms with Gasteiger partial charge < -0.3 is 9.47 Å². The maximum atomic E-state index is 5.37.